The Morgan fingerprint density at radius 3 is 2.59 bits per heavy atom. The van der Waals surface area contributed by atoms with Crippen LogP contribution in [0, 0.1) is 0 Å². The van der Waals surface area contributed by atoms with Gasteiger partial charge < -0.3 is 14.6 Å². The van der Waals surface area contributed by atoms with Crippen molar-refractivity contribution in [3.63, 3.8) is 0 Å². The zero-order valence-corrected chi connectivity index (χ0v) is 19.3. The van der Waals surface area contributed by atoms with Crippen LogP contribution in [0.5, 0.6) is 11.5 Å². The molecule has 0 saturated carbocycles. The van der Waals surface area contributed by atoms with Gasteiger partial charge in [0, 0.05) is 28.2 Å². The maximum absolute atomic E-state index is 11.8. The Morgan fingerprint density at radius 1 is 1.09 bits per heavy atom. The van der Waals surface area contributed by atoms with Crippen LogP contribution in [0.1, 0.15) is 45.7 Å². The molecule has 0 saturated heterocycles. The van der Waals surface area contributed by atoms with Crippen LogP contribution in [-0.4, -0.2) is 31.0 Å². The van der Waals surface area contributed by atoms with Crippen LogP contribution in [0.4, 0.5) is 0 Å². The van der Waals surface area contributed by atoms with Crippen LogP contribution in [0.25, 0.3) is 0 Å². The number of methoxy groups -OCH3 is 2. The van der Waals surface area contributed by atoms with Gasteiger partial charge in [0.2, 0.25) is 0 Å². The number of nitrogens with one attached hydrogen (secondary N) is 1. The molecule has 0 radical (unpaired) electrons. The van der Waals surface area contributed by atoms with Crippen molar-refractivity contribution < 1.29 is 19.4 Å². The number of aromatic hydroxyl groups is 1. The number of phenolic OH excluding ortho intramolecular Hbond substituents is 1. The van der Waals surface area contributed by atoms with Gasteiger partial charge in [0.05, 0.1) is 19.8 Å². The quantitative estimate of drug-likeness (QED) is 0.478. The average Bonchev–Trinajstić information content (AvgIpc) is 2.84. The van der Waals surface area contributed by atoms with Crippen LogP contribution < -0.4 is 10.1 Å². The summed E-state index contributed by atoms with van der Waals surface area (Å²) in [5.41, 5.74) is 4.02. The molecule has 164 valence electrons. The summed E-state index contributed by atoms with van der Waals surface area (Å²) in [5, 5.41) is 14.1. The van der Waals surface area contributed by atoms with E-state index in [1.165, 1.54) is 7.11 Å². The van der Waals surface area contributed by atoms with Crippen molar-refractivity contribution in [1.82, 2.24) is 5.32 Å². The minimum Gasteiger partial charge on any atom is -0.508 e. The van der Waals surface area contributed by atoms with Crippen molar-refractivity contribution in [3.8, 4) is 11.5 Å². The van der Waals surface area contributed by atoms with Crippen molar-refractivity contribution in [1.29, 1.82) is 0 Å². The standard InChI is InChI=1S/C25H23BrN2O4/c1-31-19-5-3-4-17(12-19)21-14-22(20-13-18(26)10-11-23(20)29)28-24(27-21)15-6-8-16(9-7-15)25(30)32-2/h3-13,22,24,28-29H,14H2,1-2H3/t22-,24-/m0/s1. The highest BCUT2D eigenvalue weighted by Crippen LogP contribution is 2.36. The minimum absolute atomic E-state index is 0.170. The number of rotatable bonds is 5. The van der Waals surface area contributed by atoms with Crippen molar-refractivity contribution in [2.24, 2.45) is 4.99 Å². The monoisotopic (exact) mass is 494 g/mol. The highest BCUT2D eigenvalue weighted by molar-refractivity contribution is 9.10. The lowest BCUT2D eigenvalue weighted by Crippen LogP contribution is -2.33. The number of aliphatic imine (C=N–C) groups is 1. The van der Waals surface area contributed by atoms with E-state index < -0.39 is 0 Å². The molecule has 4 rings (SSSR count). The zero-order chi connectivity index (χ0) is 22.7. The maximum Gasteiger partial charge on any atom is 0.337 e. The molecule has 1 aliphatic rings. The predicted octanol–water partition coefficient (Wildman–Crippen LogP) is 5.17. The number of hydrogen-bond acceptors (Lipinski definition) is 6. The normalized spacial score (nSPS) is 18.0. The van der Waals surface area contributed by atoms with Gasteiger partial charge in [0.25, 0.3) is 0 Å². The maximum atomic E-state index is 11.8. The van der Waals surface area contributed by atoms with Crippen LogP contribution >= 0.6 is 15.9 Å². The van der Waals surface area contributed by atoms with Crippen molar-refractivity contribution >= 4 is 27.6 Å². The molecular formula is C25H23BrN2O4. The third-order valence-corrected chi connectivity index (χ3v) is 5.95. The first-order valence-electron chi connectivity index (χ1n) is 10.1. The summed E-state index contributed by atoms with van der Waals surface area (Å²) in [6, 6.07) is 20.2. The first-order chi connectivity index (χ1) is 15.5. The van der Waals surface area contributed by atoms with Crippen molar-refractivity contribution in [2.45, 2.75) is 18.6 Å². The van der Waals surface area contributed by atoms with Gasteiger partial charge in [0.15, 0.2) is 0 Å². The topological polar surface area (TPSA) is 80.2 Å². The smallest absolute Gasteiger partial charge is 0.337 e. The Hall–Kier alpha value is -3.16. The number of phenols is 1. The number of nitrogens with zero attached hydrogens (tertiary/aromatic N) is 1. The molecule has 32 heavy (non-hydrogen) atoms. The Morgan fingerprint density at radius 2 is 1.88 bits per heavy atom. The molecule has 6 nitrogen and oxygen atoms in total. The molecule has 0 fully saturated rings. The van der Waals surface area contributed by atoms with Gasteiger partial charge in [-0.1, -0.05) is 40.2 Å². The number of hydrogen-bond donors (Lipinski definition) is 2. The van der Waals surface area contributed by atoms with E-state index in [-0.39, 0.29) is 23.9 Å². The third-order valence-electron chi connectivity index (χ3n) is 5.46. The predicted molar refractivity (Wildman–Crippen MR) is 126 cm³/mol. The van der Waals surface area contributed by atoms with E-state index in [4.69, 9.17) is 14.5 Å². The van der Waals surface area contributed by atoms with Gasteiger partial charge in [-0.3, -0.25) is 10.3 Å². The number of esters is 1. The number of benzene rings is 3. The van der Waals surface area contributed by atoms with E-state index in [1.54, 1.807) is 25.3 Å². The lowest BCUT2D eigenvalue weighted by Gasteiger charge is -2.31. The van der Waals surface area contributed by atoms with E-state index in [0.29, 0.717) is 12.0 Å². The molecule has 0 unspecified atom stereocenters. The van der Waals surface area contributed by atoms with Crippen LogP contribution in [0.15, 0.2) is 76.2 Å². The van der Waals surface area contributed by atoms with Gasteiger partial charge >= 0.3 is 5.97 Å². The fraction of sp³-hybridized carbons (Fsp3) is 0.200. The first kappa shape index (κ1) is 22.0. The largest absolute Gasteiger partial charge is 0.508 e. The Balaban J connectivity index is 1.74. The highest BCUT2D eigenvalue weighted by atomic mass is 79.9. The fourth-order valence-electron chi connectivity index (χ4n) is 3.78. The van der Waals surface area contributed by atoms with E-state index in [2.05, 4.69) is 21.2 Å². The summed E-state index contributed by atoms with van der Waals surface area (Å²) in [6.07, 6.45) is 0.230. The SMILES string of the molecule is COC(=O)c1ccc([C@H]2N=C(c3cccc(OC)c3)C[C@@H](c3cc(Br)ccc3O)N2)cc1. The van der Waals surface area contributed by atoms with E-state index >= 15 is 0 Å². The average molecular weight is 495 g/mol. The zero-order valence-electron chi connectivity index (χ0n) is 17.7. The fourth-order valence-corrected chi connectivity index (χ4v) is 4.16. The third kappa shape index (κ3) is 4.69. The van der Waals surface area contributed by atoms with E-state index in [1.807, 2.05) is 48.5 Å². The molecular weight excluding hydrogens is 472 g/mol. The molecule has 0 aromatic heterocycles. The molecule has 0 spiro atoms. The van der Waals surface area contributed by atoms with E-state index in [0.717, 1.165) is 32.6 Å². The lowest BCUT2D eigenvalue weighted by atomic mass is 9.93. The molecule has 0 amide bonds. The second-order valence-corrected chi connectivity index (χ2v) is 8.37. The minimum atomic E-state index is -0.384. The molecule has 3 aromatic carbocycles. The van der Waals surface area contributed by atoms with Gasteiger partial charge in [-0.2, -0.15) is 0 Å². The Bertz CT molecular complexity index is 1160. The summed E-state index contributed by atoms with van der Waals surface area (Å²) in [6.45, 7) is 0. The lowest BCUT2D eigenvalue weighted by molar-refractivity contribution is 0.0600. The molecule has 2 N–H and O–H groups in total. The van der Waals surface area contributed by atoms with Gasteiger partial charge in [0.1, 0.15) is 17.7 Å². The molecule has 7 heteroatoms. The van der Waals surface area contributed by atoms with Gasteiger partial charge in [-0.25, -0.2) is 4.79 Å². The summed E-state index contributed by atoms with van der Waals surface area (Å²) in [5.74, 6) is 0.590. The van der Waals surface area contributed by atoms with E-state index in [9.17, 15) is 9.90 Å². The summed E-state index contributed by atoms with van der Waals surface area (Å²) in [4.78, 5) is 16.8. The number of ether oxygens (including phenoxy) is 2. The Labute approximate surface area is 195 Å². The molecule has 0 aliphatic carbocycles. The van der Waals surface area contributed by atoms with Gasteiger partial charge in [-0.15, -0.1) is 0 Å². The Kier molecular flexibility index (Phi) is 6.58. The highest BCUT2D eigenvalue weighted by Gasteiger charge is 2.28. The second kappa shape index (κ2) is 9.54. The van der Waals surface area contributed by atoms with Crippen LogP contribution in [-0.2, 0) is 4.74 Å². The number of halogens is 1. The molecule has 3 aromatic rings. The summed E-state index contributed by atoms with van der Waals surface area (Å²) >= 11 is 3.50. The van der Waals surface area contributed by atoms with Crippen molar-refractivity contribution in [3.05, 3.63) is 93.5 Å². The first-order valence-corrected chi connectivity index (χ1v) is 10.9. The molecule has 1 heterocycles. The van der Waals surface area contributed by atoms with Crippen LogP contribution in [0.3, 0.4) is 0 Å². The number of carbonyl (C=O) groups excluding carboxylic acids is 1. The molecule has 2 atom stereocenters. The van der Waals surface area contributed by atoms with Crippen LogP contribution in [0.2, 0.25) is 0 Å². The van der Waals surface area contributed by atoms with Crippen molar-refractivity contribution in [2.75, 3.05) is 14.2 Å². The molecule has 1 aliphatic heterocycles. The van der Waals surface area contributed by atoms with Gasteiger partial charge in [-0.05, 0) is 53.6 Å². The summed E-state index contributed by atoms with van der Waals surface area (Å²) < 4.78 is 11.1. The second-order valence-electron chi connectivity index (χ2n) is 7.45. The molecule has 0 bridgehead atoms. The number of carbonyl (C=O) groups is 1. The summed E-state index contributed by atoms with van der Waals surface area (Å²) in [7, 11) is 3.00.